The van der Waals surface area contributed by atoms with Crippen molar-refractivity contribution in [3.8, 4) is 28.1 Å². The first-order valence-corrected chi connectivity index (χ1v) is 12.9. The molecule has 2 aromatic heterocycles. The summed E-state index contributed by atoms with van der Waals surface area (Å²) in [6.45, 7) is 6.52. The molecule has 0 unspecified atom stereocenters. The molecular formula is C26H28FN5O3S. The molecule has 0 atom stereocenters. The third-order valence-corrected chi connectivity index (χ3v) is 6.88. The Kier molecular flexibility index (Phi) is 7.09. The van der Waals surface area contributed by atoms with E-state index in [0.29, 0.717) is 5.82 Å². The molecule has 0 aliphatic carbocycles. The zero-order chi connectivity index (χ0) is 25.9. The van der Waals surface area contributed by atoms with Crippen LogP contribution in [0, 0.1) is 5.82 Å². The third kappa shape index (κ3) is 5.89. The Morgan fingerprint density at radius 1 is 1.00 bits per heavy atom. The van der Waals surface area contributed by atoms with Crippen LogP contribution < -0.4 is 10.0 Å². The Balaban J connectivity index is 1.52. The predicted octanol–water partition coefficient (Wildman–Crippen LogP) is 4.60. The molecule has 10 heteroatoms. The molecule has 4 rings (SSSR count). The van der Waals surface area contributed by atoms with Gasteiger partial charge >= 0.3 is 0 Å². The van der Waals surface area contributed by atoms with Crippen LogP contribution in [-0.2, 0) is 15.6 Å². The number of sulfonamides is 1. The van der Waals surface area contributed by atoms with Gasteiger partial charge in [0.05, 0.1) is 10.4 Å². The SMILES string of the molecule is CC(C)(C)n1cc(-c2ccnc(NCCNS(=O)(=O)c3cccc(F)c3)c2)c(-c2cccc(O)c2)n1. The minimum absolute atomic E-state index is 0.0846. The highest BCUT2D eigenvalue weighted by molar-refractivity contribution is 7.89. The predicted molar refractivity (Wildman–Crippen MR) is 138 cm³/mol. The lowest BCUT2D eigenvalue weighted by molar-refractivity contribution is 0.356. The summed E-state index contributed by atoms with van der Waals surface area (Å²) >= 11 is 0. The van der Waals surface area contributed by atoms with Gasteiger partial charge in [0.2, 0.25) is 10.0 Å². The normalized spacial score (nSPS) is 12.0. The fraction of sp³-hybridized carbons (Fsp3) is 0.231. The Bertz CT molecular complexity index is 1480. The van der Waals surface area contributed by atoms with E-state index in [4.69, 9.17) is 5.10 Å². The number of hydrogen-bond donors (Lipinski definition) is 3. The zero-order valence-electron chi connectivity index (χ0n) is 20.2. The average Bonchev–Trinajstić information content (AvgIpc) is 3.29. The molecule has 0 saturated carbocycles. The topological polar surface area (TPSA) is 109 Å². The number of nitrogens with one attached hydrogen (secondary N) is 2. The van der Waals surface area contributed by atoms with Gasteiger partial charge in [0.25, 0.3) is 0 Å². The number of benzene rings is 2. The van der Waals surface area contributed by atoms with Crippen molar-refractivity contribution in [2.75, 3.05) is 18.4 Å². The quantitative estimate of drug-likeness (QED) is 0.300. The maximum atomic E-state index is 13.4. The molecule has 0 bridgehead atoms. The lowest BCUT2D eigenvalue weighted by atomic mass is 10.0. The molecule has 8 nitrogen and oxygen atoms in total. The standard InChI is InChI=1S/C26H28FN5O3S/c1-26(2,3)32-17-23(25(31-32)19-6-4-8-21(33)14-19)18-10-11-28-24(15-18)29-12-13-30-36(34,35)22-9-5-7-20(27)16-22/h4-11,14-17,30,33H,12-13H2,1-3H3,(H,28,29). The molecule has 0 amide bonds. The highest BCUT2D eigenvalue weighted by Crippen LogP contribution is 2.34. The van der Waals surface area contributed by atoms with Crippen LogP contribution in [0.25, 0.3) is 22.4 Å². The Morgan fingerprint density at radius 3 is 2.50 bits per heavy atom. The van der Waals surface area contributed by atoms with Crippen LogP contribution in [0.2, 0.25) is 0 Å². The lowest BCUT2D eigenvalue weighted by Crippen LogP contribution is -2.29. The number of halogens is 1. The van der Waals surface area contributed by atoms with Crippen LogP contribution >= 0.6 is 0 Å². The summed E-state index contributed by atoms with van der Waals surface area (Å²) in [5, 5.41) is 17.9. The average molecular weight is 510 g/mol. The lowest BCUT2D eigenvalue weighted by Gasteiger charge is -2.18. The molecule has 0 saturated heterocycles. The second-order valence-electron chi connectivity index (χ2n) is 9.27. The zero-order valence-corrected chi connectivity index (χ0v) is 21.1. The van der Waals surface area contributed by atoms with Crippen molar-refractivity contribution < 1.29 is 17.9 Å². The largest absolute Gasteiger partial charge is 0.508 e. The van der Waals surface area contributed by atoms with Gasteiger partial charge in [-0.25, -0.2) is 22.5 Å². The van der Waals surface area contributed by atoms with Crippen molar-refractivity contribution in [1.29, 1.82) is 0 Å². The Hall–Kier alpha value is -3.76. The first kappa shape index (κ1) is 25.3. The van der Waals surface area contributed by atoms with Gasteiger partial charge in [-0.15, -0.1) is 0 Å². The number of aromatic nitrogens is 3. The summed E-state index contributed by atoms with van der Waals surface area (Å²) in [5.41, 5.74) is 2.98. The van der Waals surface area contributed by atoms with Gasteiger partial charge in [-0.3, -0.25) is 4.68 Å². The number of aromatic hydroxyl groups is 1. The molecular weight excluding hydrogens is 481 g/mol. The number of rotatable bonds is 8. The summed E-state index contributed by atoms with van der Waals surface area (Å²) in [6.07, 6.45) is 3.63. The molecule has 0 aliphatic heterocycles. The molecule has 0 aliphatic rings. The van der Waals surface area contributed by atoms with Crippen molar-refractivity contribution in [2.24, 2.45) is 0 Å². The van der Waals surface area contributed by atoms with Gasteiger partial charge in [0.15, 0.2) is 0 Å². The summed E-state index contributed by atoms with van der Waals surface area (Å²) in [6, 6.07) is 15.5. The molecule has 0 fully saturated rings. The third-order valence-electron chi connectivity index (χ3n) is 5.42. The fourth-order valence-corrected chi connectivity index (χ4v) is 4.65. The van der Waals surface area contributed by atoms with E-state index >= 15 is 0 Å². The van der Waals surface area contributed by atoms with Gasteiger partial charge in [-0.2, -0.15) is 5.10 Å². The van der Waals surface area contributed by atoms with Crippen molar-refractivity contribution in [3.63, 3.8) is 0 Å². The molecule has 4 aromatic rings. The van der Waals surface area contributed by atoms with E-state index in [0.717, 1.165) is 28.5 Å². The summed E-state index contributed by atoms with van der Waals surface area (Å²) in [4.78, 5) is 4.21. The number of anilines is 1. The van der Waals surface area contributed by atoms with Gasteiger partial charge < -0.3 is 10.4 Å². The minimum Gasteiger partial charge on any atom is -0.508 e. The van der Waals surface area contributed by atoms with Crippen molar-refractivity contribution in [2.45, 2.75) is 31.2 Å². The van der Waals surface area contributed by atoms with Crippen molar-refractivity contribution >= 4 is 15.8 Å². The maximum Gasteiger partial charge on any atom is 0.240 e. The number of phenols is 1. The number of phenolic OH excluding ortho intramolecular Hbond substituents is 1. The van der Waals surface area contributed by atoms with Crippen molar-refractivity contribution in [1.82, 2.24) is 19.5 Å². The van der Waals surface area contributed by atoms with E-state index in [-0.39, 0.29) is 29.3 Å². The van der Waals surface area contributed by atoms with E-state index in [1.54, 1.807) is 24.4 Å². The fourth-order valence-electron chi connectivity index (χ4n) is 3.58. The van der Waals surface area contributed by atoms with E-state index in [2.05, 4.69) is 35.8 Å². The monoisotopic (exact) mass is 509 g/mol. The van der Waals surface area contributed by atoms with Gasteiger partial charge in [0.1, 0.15) is 23.1 Å². The summed E-state index contributed by atoms with van der Waals surface area (Å²) in [7, 11) is -3.82. The number of pyridine rings is 1. The summed E-state index contributed by atoms with van der Waals surface area (Å²) < 4.78 is 42.4. The van der Waals surface area contributed by atoms with Crippen LogP contribution in [0.15, 0.2) is 78.0 Å². The minimum atomic E-state index is -3.82. The Labute approximate surface area is 209 Å². The molecule has 0 radical (unpaired) electrons. The summed E-state index contributed by atoms with van der Waals surface area (Å²) in [5.74, 6) is 0.0984. The Morgan fingerprint density at radius 2 is 1.78 bits per heavy atom. The van der Waals surface area contributed by atoms with E-state index in [1.165, 1.54) is 18.2 Å². The number of hydrogen-bond acceptors (Lipinski definition) is 6. The van der Waals surface area contributed by atoms with E-state index in [9.17, 15) is 17.9 Å². The first-order valence-electron chi connectivity index (χ1n) is 11.4. The van der Waals surface area contributed by atoms with Crippen LogP contribution in [0.4, 0.5) is 10.2 Å². The second kappa shape index (κ2) is 10.1. The van der Waals surface area contributed by atoms with Crippen molar-refractivity contribution in [3.05, 3.63) is 78.9 Å². The highest BCUT2D eigenvalue weighted by atomic mass is 32.2. The van der Waals surface area contributed by atoms with E-state index in [1.807, 2.05) is 29.1 Å². The molecule has 2 aromatic carbocycles. The van der Waals surface area contributed by atoms with Gasteiger partial charge in [-0.05, 0) is 68.8 Å². The molecule has 2 heterocycles. The smallest absolute Gasteiger partial charge is 0.240 e. The van der Waals surface area contributed by atoms with Gasteiger partial charge in [0, 0.05) is 36.6 Å². The van der Waals surface area contributed by atoms with Crippen LogP contribution in [0.1, 0.15) is 20.8 Å². The molecule has 188 valence electrons. The van der Waals surface area contributed by atoms with Crippen LogP contribution in [-0.4, -0.2) is 41.4 Å². The van der Waals surface area contributed by atoms with E-state index < -0.39 is 15.8 Å². The maximum absolute atomic E-state index is 13.4. The molecule has 36 heavy (non-hydrogen) atoms. The van der Waals surface area contributed by atoms with Crippen LogP contribution in [0.5, 0.6) is 5.75 Å². The van der Waals surface area contributed by atoms with Crippen LogP contribution in [0.3, 0.4) is 0 Å². The molecule has 0 spiro atoms. The highest BCUT2D eigenvalue weighted by Gasteiger charge is 2.20. The second-order valence-corrected chi connectivity index (χ2v) is 11.0. The molecule has 3 N–H and O–H groups in total. The number of nitrogens with zero attached hydrogens (tertiary/aromatic N) is 3. The van der Waals surface area contributed by atoms with Gasteiger partial charge in [-0.1, -0.05) is 18.2 Å². The first-order chi connectivity index (χ1) is 17.0.